The monoisotopic (exact) mass is 380 g/mol. The predicted octanol–water partition coefficient (Wildman–Crippen LogP) is 3.50. The Morgan fingerprint density at radius 3 is 2.52 bits per heavy atom. The van der Waals surface area contributed by atoms with Crippen LogP contribution in [0.15, 0.2) is 36.8 Å². The summed E-state index contributed by atoms with van der Waals surface area (Å²) in [5.41, 5.74) is 1.37. The van der Waals surface area contributed by atoms with Gasteiger partial charge in [0.1, 0.15) is 18.7 Å². The fraction of sp³-hybridized carbons (Fsp3) is 0.294. The Morgan fingerprint density at radius 1 is 1.19 bits per heavy atom. The van der Waals surface area contributed by atoms with Crippen molar-refractivity contribution < 1.29 is 27.4 Å². The number of carbonyl (C=O) groups is 1. The molecule has 3 rings (SSSR count). The summed E-state index contributed by atoms with van der Waals surface area (Å²) in [4.78, 5) is 20.5. The molecule has 0 amide bonds. The van der Waals surface area contributed by atoms with E-state index < -0.39 is 12.3 Å². The van der Waals surface area contributed by atoms with Gasteiger partial charge in [-0.1, -0.05) is 26.0 Å². The summed E-state index contributed by atoms with van der Waals surface area (Å²) in [7, 11) is 0. The maximum atomic E-state index is 12.5. The second kappa shape index (κ2) is 7.22. The zero-order valence-corrected chi connectivity index (χ0v) is 14.4. The number of halogens is 3. The van der Waals surface area contributed by atoms with E-state index in [1.807, 2.05) is 13.8 Å². The highest BCUT2D eigenvalue weighted by Crippen LogP contribution is 2.23. The highest BCUT2D eigenvalue weighted by atomic mass is 19.4. The van der Waals surface area contributed by atoms with Gasteiger partial charge in [-0.25, -0.2) is 14.3 Å². The molecule has 3 aromatic rings. The fourth-order valence-electron chi connectivity index (χ4n) is 2.52. The van der Waals surface area contributed by atoms with Gasteiger partial charge < -0.3 is 9.47 Å². The first-order valence-corrected chi connectivity index (χ1v) is 7.95. The first-order valence-electron chi connectivity index (χ1n) is 7.95. The molecule has 0 aliphatic carbocycles. The highest BCUT2D eigenvalue weighted by molar-refractivity contribution is 5.90. The molecule has 0 aliphatic heterocycles. The molecule has 0 spiro atoms. The van der Waals surface area contributed by atoms with Gasteiger partial charge in [0.05, 0.1) is 11.3 Å². The molecule has 0 saturated heterocycles. The van der Waals surface area contributed by atoms with Gasteiger partial charge in [-0.15, -0.1) is 13.2 Å². The van der Waals surface area contributed by atoms with Crippen molar-refractivity contribution >= 4 is 11.7 Å². The van der Waals surface area contributed by atoms with Crippen LogP contribution in [0.1, 0.15) is 41.4 Å². The smallest absolute Gasteiger partial charge is 0.457 e. The molecule has 2 heterocycles. The highest BCUT2D eigenvalue weighted by Gasteiger charge is 2.31. The quantitative estimate of drug-likeness (QED) is 0.631. The van der Waals surface area contributed by atoms with E-state index in [4.69, 9.17) is 4.74 Å². The van der Waals surface area contributed by atoms with Crippen molar-refractivity contribution in [2.45, 2.75) is 32.7 Å². The number of aromatic nitrogens is 4. The second-order valence-electron chi connectivity index (χ2n) is 5.95. The Hall–Kier alpha value is -3.17. The number of hydrogen-bond donors (Lipinski definition) is 0. The van der Waals surface area contributed by atoms with E-state index in [9.17, 15) is 18.0 Å². The summed E-state index contributed by atoms with van der Waals surface area (Å²) in [5, 5.41) is 4.07. The number of rotatable bonds is 5. The topological polar surface area (TPSA) is 78.6 Å². The molecule has 1 aromatic carbocycles. The van der Waals surface area contributed by atoms with Gasteiger partial charge in [-0.05, 0) is 23.6 Å². The van der Waals surface area contributed by atoms with Gasteiger partial charge in [0.2, 0.25) is 0 Å². The van der Waals surface area contributed by atoms with Crippen LogP contribution in [0.2, 0.25) is 0 Å². The minimum atomic E-state index is -4.76. The average Bonchev–Trinajstić information content (AvgIpc) is 3.07. The number of hydrogen-bond acceptors (Lipinski definition) is 6. The molecule has 7 nitrogen and oxygen atoms in total. The van der Waals surface area contributed by atoms with E-state index in [0.717, 1.165) is 12.1 Å². The molecule has 0 unspecified atom stereocenters. The van der Waals surface area contributed by atoms with E-state index in [2.05, 4.69) is 19.8 Å². The lowest BCUT2D eigenvalue weighted by Gasteiger charge is -2.13. The molecule has 27 heavy (non-hydrogen) atoms. The van der Waals surface area contributed by atoms with Crippen LogP contribution >= 0.6 is 0 Å². The third kappa shape index (κ3) is 4.33. The van der Waals surface area contributed by atoms with Crippen molar-refractivity contribution in [2.75, 3.05) is 0 Å². The predicted molar refractivity (Wildman–Crippen MR) is 87.1 cm³/mol. The molecule has 10 heteroatoms. The third-order valence-corrected chi connectivity index (χ3v) is 3.64. The molecule has 0 radical (unpaired) electrons. The van der Waals surface area contributed by atoms with Crippen LogP contribution in [0.3, 0.4) is 0 Å². The van der Waals surface area contributed by atoms with Crippen molar-refractivity contribution in [1.29, 1.82) is 0 Å². The Labute approximate surface area is 151 Å². The number of alkyl halides is 3. The lowest BCUT2D eigenvalue weighted by atomic mass is 10.1. The normalized spacial score (nSPS) is 11.8. The van der Waals surface area contributed by atoms with Crippen molar-refractivity contribution in [1.82, 2.24) is 19.6 Å². The van der Waals surface area contributed by atoms with E-state index in [0.29, 0.717) is 17.0 Å². The average molecular weight is 380 g/mol. The SMILES string of the molecule is CC(C)c1c(C(=O)OCc2ccc(OC(F)(F)F)cc2)cnc2ncnn12. The Morgan fingerprint density at radius 2 is 1.89 bits per heavy atom. The van der Waals surface area contributed by atoms with Crippen molar-refractivity contribution in [3.63, 3.8) is 0 Å². The van der Waals surface area contributed by atoms with Crippen LogP contribution < -0.4 is 4.74 Å². The molecule has 0 atom stereocenters. The van der Waals surface area contributed by atoms with Crippen molar-refractivity contribution in [3.8, 4) is 5.75 Å². The lowest BCUT2D eigenvalue weighted by molar-refractivity contribution is -0.274. The van der Waals surface area contributed by atoms with Gasteiger partial charge in [-0.3, -0.25) is 0 Å². The molecule has 2 aromatic heterocycles. The minimum Gasteiger partial charge on any atom is -0.457 e. The maximum absolute atomic E-state index is 12.5. The first kappa shape index (κ1) is 18.6. The summed E-state index contributed by atoms with van der Waals surface area (Å²) in [6.07, 6.45) is -2.04. The summed E-state index contributed by atoms with van der Waals surface area (Å²) in [5.74, 6) is -0.631. The van der Waals surface area contributed by atoms with Gasteiger partial charge in [0, 0.05) is 6.20 Å². The van der Waals surface area contributed by atoms with Crippen LogP contribution in [0, 0.1) is 0 Å². The molecular weight excluding hydrogens is 365 g/mol. The third-order valence-electron chi connectivity index (χ3n) is 3.64. The molecule has 142 valence electrons. The van der Waals surface area contributed by atoms with Crippen LogP contribution in [0.4, 0.5) is 13.2 Å². The van der Waals surface area contributed by atoms with E-state index in [-0.39, 0.29) is 23.8 Å². The first-order chi connectivity index (χ1) is 12.7. The van der Waals surface area contributed by atoms with Crippen LogP contribution in [-0.2, 0) is 11.3 Å². The minimum absolute atomic E-state index is 0.0430. The Balaban J connectivity index is 1.73. The lowest BCUT2D eigenvalue weighted by Crippen LogP contribution is -2.17. The molecule has 0 fully saturated rings. The van der Waals surface area contributed by atoms with Gasteiger partial charge >= 0.3 is 12.3 Å². The summed E-state index contributed by atoms with van der Waals surface area (Å²) < 4.78 is 47.0. The number of benzene rings is 1. The van der Waals surface area contributed by atoms with Gasteiger partial charge in [-0.2, -0.15) is 10.1 Å². The van der Waals surface area contributed by atoms with Crippen molar-refractivity contribution in [2.24, 2.45) is 0 Å². The van der Waals surface area contributed by atoms with E-state index in [1.54, 1.807) is 0 Å². The molecule has 0 bridgehead atoms. The molecular formula is C17H15F3N4O3. The molecule has 0 aliphatic rings. The zero-order valence-electron chi connectivity index (χ0n) is 14.4. The van der Waals surface area contributed by atoms with E-state index in [1.165, 1.54) is 29.2 Å². The molecule has 0 N–H and O–H groups in total. The van der Waals surface area contributed by atoms with E-state index >= 15 is 0 Å². The number of nitrogens with zero attached hydrogens (tertiary/aromatic N) is 4. The van der Waals surface area contributed by atoms with Gasteiger partial charge in [0.25, 0.3) is 5.78 Å². The summed E-state index contributed by atoms with van der Waals surface area (Å²) in [6.45, 7) is 3.68. The Bertz CT molecular complexity index is 952. The number of fused-ring (bicyclic) bond motifs is 1. The number of ether oxygens (including phenoxy) is 2. The largest absolute Gasteiger partial charge is 0.573 e. The fourth-order valence-corrected chi connectivity index (χ4v) is 2.52. The van der Waals surface area contributed by atoms with Crippen LogP contribution in [0.25, 0.3) is 5.78 Å². The molecule has 0 saturated carbocycles. The van der Waals surface area contributed by atoms with Crippen molar-refractivity contribution in [3.05, 3.63) is 53.6 Å². The maximum Gasteiger partial charge on any atom is 0.573 e. The summed E-state index contributed by atoms with van der Waals surface area (Å²) in [6, 6.07) is 5.08. The second-order valence-corrected chi connectivity index (χ2v) is 5.95. The van der Waals surface area contributed by atoms with Crippen LogP contribution in [0.5, 0.6) is 5.75 Å². The number of esters is 1. The van der Waals surface area contributed by atoms with Crippen LogP contribution in [-0.4, -0.2) is 31.9 Å². The van der Waals surface area contributed by atoms with Gasteiger partial charge in [0.15, 0.2) is 0 Å². The Kier molecular flexibility index (Phi) is 4.98. The summed E-state index contributed by atoms with van der Waals surface area (Å²) >= 11 is 0. The zero-order chi connectivity index (χ0) is 19.6. The standard InChI is InChI=1S/C17H15F3N4O3/c1-10(2)14-13(7-21-16-22-9-23-24(14)16)15(25)26-8-11-3-5-12(6-4-11)27-17(18,19)20/h3-7,9-10H,8H2,1-2H3. The number of carbonyl (C=O) groups excluding carboxylic acids is 1.